The molecule has 0 radical (unpaired) electrons. The van der Waals surface area contributed by atoms with Crippen LogP contribution >= 0.6 is 0 Å². The van der Waals surface area contributed by atoms with Gasteiger partial charge in [0.15, 0.2) is 0 Å². The average Bonchev–Trinajstić information content (AvgIpc) is 3.18. The van der Waals surface area contributed by atoms with Gasteiger partial charge in [-0.2, -0.15) is 0 Å². The Morgan fingerprint density at radius 1 is 0.774 bits per heavy atom. The molecule has 166 valence electrons. The van der Waals surface area contributed by atoms with E-state index in [0.717, 1.165) is 70.0 Å². The summed E-state index contributed by atoms with van der Waals surface area (Å²) in [6.07, 6.45) is 2.14. The van der Waals surface area contributed by atoms with Crippen LogP contribution in [0.3, 0.4) is 0 Å². The number of nitrogens with zero attached hydrogens (tertiary/aromatic N) is 4. The van der Waals surface area contributed by atoms with Crippen molar-refractivity contribution < 1.29 is 9.59 Å². The van der Waals surface area contributed by atoms with Crippen molar-refractivity contribution in [1.82, 2.24) is 19.3 Å². The highest BCUT2D eigenvalue weighted by molar-refractivity contribution is 6.22. The Hall–Kier alpha value is -2.44. The topological polar surface area (TPSA) is 48.8 Å². The first-order chi connectivity index (χ1) is 15.0. The molecule has 3 heterocycles. The van der Waals surface area contributed by atoms with Crippen LogP contribution in [0.15, 0.2) is 30.3 Å². The maximum Gasteiger partial charge on any atom is 0.263 e. The normalized spacial score (nSPS) is 17.6. The lowest BCUT2D eigenvalue weighted by Crippen LogP contribution is -2.48. The standard InChI is InChI=1S/C25H34N4O2/c1-4-5-11-28-19(2)22-23(20(28)3)25(31)29(24(22)30)17-16-26-12-14-27(15-13-26)18-21-9-7-6-8-10-21/h6-10H,4-5,11-18H2,1-3H3. The minimum atomic E-state index is -0.112. The van der Waals surface area contributed by atoms with Crippen LogP contribution in [-0.2, 0) is 13.1 Å². The quantitative estimate of drug-likeness (QED) is 0.613. The molecule has 1 fully saturated rings. The van der Waals surface area contributed by atoms with E-state index in [1.54, 1.807) is 0 Å². The number of fused-ring (bicyclic) bond motifs is 1. The SMILES string of the molecule is CCCCn1c(C)c2c(c1C)C(=O)N(CCN1CCN(Cc3ccccc3)CC1)C2=O. The van der Waals surface area contributed by atoms with Gasteiger partial charge in [0.1, 0.15) is 0 Å². The second-order valence-electron chi connectivity index (χ2n) is 8.79. The molecule has 2 amide bonds. The summed E-state index contributed by atoms with van der Waals surface area (Å²) in [5.74, 6) is -0.225. The minimum absolute atomic E-state index is 0.112. The first kappa shape index (κ1) is 21.8. The van der Waals surface area contributed by atoms with Crippen LogP contribution in [0.1, 0.15) is 57.4 Å². The van der Waals surface area contributed by atoms with Crippen LogP contribution in [0.5, 0.6) is 0 Å². The molecule has 1 aromatic carbocycles. The second kappa shape index (κ2) is 9.37. The van der Waals surface area contributed by atoms with Gasteiger partial charge in [0.05, 0.1) is 11.1 Å². The highest BCUT2D eigenvalue weighted by Gasteiger charge is 2.41. The summed E-state index contributed by atoms with van der Waals surface area (Å²) in [6, 6.07) is 10.6. The monoisotopic (exact) mass is 422 g/mol. The molecule has 6 heteroatoms. The van der Waals surface area contributed by atoms with Crippen LogP contribution in [0, 0.1) is 13.8 Å². The first-order valence-electron chi connectivity index (χ1n) is 11.6. The van der Waals surface area contributed by atoms with Crippen molar-refractivity contribution in [2.75, 3.05) is 39.3 Å². The van der Waals surface area contributed by atoms with Crippen molar-refractivity contribution in [3.8, 4) is 0 Å². The molecule has 2 aliphatic rings. The summed E-state index contributed by atoms with van der Waals surface area (Å²) in [5, 5.41) is 0. The lowest BCUT2D eigenvalue weighted by Gasteiger charge is -2.35. The molecule has 1 saturated heterocycles. The van der Waals surface area contributed by atoms with Gasteiger partial charge in [0.2, 0.25) is 0 Å². The van der Waals surface area contributed by atoms with Gasteiger partial charge in [0, 0.05) is 63.7 Å². The van der Waals surface area contributed by atoms with E-state index in [1.807, 2.05) is 19.9 Å². The zero-order chi connectivity index (χ0) is 22.0. The molecule has 0 aliphatic carbocycles. The smallest absolute Gasteiger partial charge is 0.263 e. The van der Waals surface area contributed by atoms with Crippen molar-refractivity contribution in [2.45, 2.75) is 46.7 Å². The van der Waals surface area contributed by atoms with E-state index in [-0.39, 0.29) is 11.8 Å². The molecule has 0 unspecified atom stereocenters. The third kappa shape index (κ3) is 4.32. The Morgan fingerprint density at radius 3 is 1.94 bits per heavy atom. The Morgan fingerprint density at radius 2 is 1.35 bits per heavy atom. The number of amides is 2. The predicted octanol–water partition coefficient (Wildman–Crippen LogP) is 3.32. The molecule has 6 nitrogen and oxygen atoms in total. The number of piperazine rings is 1. The summed E-state index contributed by atoms with van der Waals surface area (Å²) in [7, 11) is 0. The Balaban J connectivity index is 1.32. The number of benzene rings is 1. The van der Waals surface area contributed by atoms with Gasteiger partial charge in [-0.1, -0.05) is 43.7 Å². The number of unbranched alkanes of at least 4 members (excludes halogenated alkanes) is 1. The lowest BCUT2D eigenvalue weighted by atomic mass is 10.1. The maximum absolute atomic E-state index is 13.1. The number of rotatable bonds is 8. The van der Waals surface area contributed by atoms with E-state index in [9.17, 15) is 9.59 Å². The maximum atomic E-state index is 13.1. The van der Waals surface area contributed by atoms with E-state index < -0.39 is 0 Å². The van der Waals surface area contributed by atoms with Crippen LogP contribution in [0.25, 0.3) is 0 Å². The van der Waals surface area contributed by atoms with Gasteiger partial charge in [-0.25, -0.2) is 0 Å². The zero-order valence-electron chi connectivity index (χ0n) is 19.1. The van der Waals surface area contributed by atoms with E-state index in [4.69, 9.17) is 0 Å². The van der Waals surface area contributed by atoms with Gasteiger partial charge < -0.3 is 4.57 Å². The summed E-state index contributed by atoms with van der Waals surface area (Å²) in [6.45, 7) is 13.1. The molecule has 0 atom stereocenters. The minimum Gasteiger partial charge on any atom is -0.348 e. The highest BCUT2D eigenvalue weighted by atomic mass is 16.2. The Kier molecular flexibility index (Phi) is 6.58. The fourth-order valence-corrected chi connectivity index (χ4v) is 4.88. The molecule has 0 saturated carbocycles. The Labute approximate surface area is 185 Å². The highest BCUT2D eigenvalue weighted by Crippen LogP contribution is 2.31. The fourth-order valence-electron chi connectivity index (χ4n) is 4.88. The number of hydrogen-bond donors (Lipinski definition) is 0. The van der Waals surface area contributed by atoms with E-state index in [0.29, 0.717) is 17.7 Å². The van der Waals surface area contributed by atoms with Crippen molar-refractivity contribution in [3.05, 3.63) is 58.4 Å². The Bertz CT molecular complexity index is 903. The van der Waals surface area contributed by atoms with Gasteiger partial charge in [-0.05, 0) is 25.8 Å². The molecule has 0 N–H and O–H groups in total. The fraction of sp³-hybridized carbons (Fsp3) is 0.520. The summed E-state index contributed by atoms with van der Waals surface area (Å²) in [5.41, 5.74) is 4.49. The van der Waals surface area contributed by atoms with Crippen molar-refractivity contribution in [1.29, 1.82) is 0 Å². The van der Waals surface area contributed by atoms with Crippen LogP contribution < -0.4 is 0 Å². The summed E-state index contributed by atoms with van der Waals surface area (Å²) >= 11 is 0. The first-order valence-corrected chi connectivity index (χ1v) is 11.6. The van der Waals surface area contributed by atoms with Crippen molar-refractivity contribution in [2.24, 2.45) is 0 Å². The molecule has 1 aromatic heterocycles. The molecule has 2 aliphatic heterocycles. The van der Waals surface area contributed by atoms with E-state index in [1.165, 1.54) is 10.5 Å². The molecule has 31 heavy (non-hydrogen) atoms. The van der Waals surface area contributed by atoms with Crippen LogP contribution in [0.2, 0.25) is 0 Å². The van der Waals surface area contributed by atoms with Crippen molar-refractivity contribution in [3.63, 3.8) is 0 Å². The largest absolute Gasteiger partial charge is 0.348 e. The number of carbonyl (C=O) groups is 2. The molecule has 2 aromatic rings. The van der Waals surface area contributed by atoms with Crippen LogP contribution in [0.4, 0.5) is 0 Å². The van der Waals surface area contributed by atoms with Gasteiger partial charge in [-0.15, -0.1) is 0 Å². The molecule has 4 rings (SSSR count). The van der Waals surface area contributed by atoms with Crippen LogP contribution in [-0.4, -0.2) is 70.3 Å². The summed E-state index contributed by atoms with van der Waals surface area (Å²) in [4.78, 5) is 32.4. The van der Waals surface area contributed by atoms with E-state index in [2.05, 4.69) is 45.6 Å². The summed E-state index contributed by atoms with van der Waals surface area (Å²) < 4.78 is 2.15. The van der Waals surface area contributed by atoms with Gasteiger partial charge >= 0.3 is 0 Å². The number of aromatic nitrogens is 1. The van der Waals surface area contributed by atoms with Gasteiger partial charge in [-0.3, -0.25) is 24.3 Å². The molecular weight excluding hydrogens is 388 g/mol. The lowest BCUT2D eigenvalue weighted by molar-refractivity contribution is 0.0610. The second-order valence-corrected chi connectivity index (χ2v) is 8.79. The van der Waals surface area contributed by atoms with E-state index >= 15 is 0 Å². The van der Waals surface area contributed by atoms with Gasteiger partial charge in [0.25, 0.3) is 11.8 Å². The average molecular weight is 423 g/mol. The molecule has 0 spiro atoms. The number of imide groups is 1. The number of hydrogen-bond acceptors (Lipinski definition) is 4. The predicted molar refractivity (Wildman–Crippen MR) is 122 cm³/mol. The molecule has 0 bridgehead atoms. The zero-order valence-corrected chi connectivity index (χ0v) is 19.1. The third-order valence-corrected chi connectivity index (χ3v) is 6.79. The molecular formula is C25H34N4O2. The third-order valence-electron chi connectivity index (χ3n) is 6.79. The van der Waals surface area contributed by atoms with Crippen molar-refractivity contribution >= 4 is 11.8 Å². The number of carbonyl (C=O) groups excluding carboxylic acids is 2.